The highest BCUT2D eigenvalue weighted by Crippen LogP contribution is 2.40. The van der Waals surface area contributed by atoms with Gasteiger partial charge in [0.1, 0.15) is 0 Å². The minimum absolute atomic E-state index is 0.683. The Morgan fingerprint density at radius 2 is 2.35 bits per heavy atom. The van der Waals surface area contributed by atoms with E-state index in [-0.39, 0.29) is 0 Å². The molecule has 1 aliphatic rings. The van der Waals surface area contributed by atoms with Crippen LogP contribution < -0.4 is 5.73 Å². The summed E-state index contributed by atoms with van der Waals surface area (Å²) in [4.78, 5) is 1.28. The van der Waals surface area contributed by atoms with E-state index in [1.165, 1.54) is 30.6 Å². The number of nitrogens with zero attached hydrogens (tertiary/aromatic N) is 2. The van der Waals surface area contributed by atoms with Crippen LogP contribution in [0, 0.1) is 11.8 Å². The van der Waals surface area contributed by atoms with E-state index >= 15 is 0 Å². The minimum Gasteiger partial charge on any atom is -0.330 e. The molecule has 0 amide bonds. The van der Waals surface area contributed by atoms with Crippen molar-refractivity contribution in [1.29, 1.82) is 0 Å². The number of aryl methyl sites for hydroxylation is 1. The summed E-state index contributed by atoms with van der Waals surface area (Å²) in [5.41, 5.74) is 5.91. The van der Waals surface area contributed by atoms with Crippen LogP contribution in [0.3, 0.4) is 0 Å². The molecule has 0 aliphatic heterocycles. The molecule has 0 aromatic carbocycles. The smallest absolute Gasteiger partial charge is 0.0625 e. The summed E-state index contributed by atoms with van der Waals surface area (Å²) in [5, 5.41) is 4.92. The largest absolute Gasteiger partial charge is 0.330 e. The molecule has 0 bridgehead atoms. The van der Waals surface area contributed by atoms with Crippen LogP contribution in [0.5, 0.6) is 0 Å². The summed E-state index contributed by atoms with van der Waals surface area (Å²) in [6.07, 6.45) is 9.36. The monoisotopic (exact) mass is 253 g/mol. The van der Waals surface area contributed by atoms with Crippen LogP contribution in [-0.2, 0) is 7.05 Å². The van der Waals surface area contributed by atoms with E-state index in [0.29, 0.717) is 11.2 Å². The summed E-state index contributed by atoms with van der Waals surface area (Å²) >= 11 is 1.97. The lowest BCUT2D eigenvalue weighted by Crippen LogP contribution is -2.32. The second-order valence-corrected chi connectivity index (χ2v) is 6.40. The van der Waals surface area contributed by atoms with E-state index in [1.54, 1.807) is 0 Å². The Labute approximate surface area is 108 Å². The van der Waals surface area contributed by atoms with Gasteiger partial charge >= 0.3 is 0 Å². The fraction of sp³-hybridized carbons (Fsp3) is 0.769. The van der Waals surface area contributed by atoms with E-state index in [2.05, 4.69) is 18.2 Å². The van der Waals surface area contributed by atoms with Gasteiger partial charge < -0.3 is 5.73 Å². The molecule has 4 heteroatoms. The molecule has 1 fully saturated rings. The second-order valence-electron chi connectivity index (χ2n) is 5.09. The molecule has 1 heterocycles. The Balaban J connectivity index is 2.00. The third-order valence-electron chi connectivity index (χ3n) is 3.89. The van der Waals surface area contributed by atoms with Crippen molar-refractivity contribution in [3.8, 4) is 0 Å². The zero-order chi connectivity index (χ0) is 12.3. The molecule has 3 atom stereocenters. The maximum Gasteiger partial charge on any atom is 0.0625 e. The van der Waals surface area contributed by atoms with E-state index < -0.39 is 0 Å². The van der Waals surface area contributed by atoms with Gasteiger partial charge in [-0.2, -0.15) is 5.10 Å². The molecule has 2 N–H and O–H groups in total. The Morgan fingerprint density at radius 3 is 2.94 bits per heavy atom. The first kappa shape index (κ1) is 13.0. The van der Waals surface area contributed by atoms with E-state index in [1.807, 2.05) is 29.7 Å². The number of aromatic nitrogens is 2. The van der Waals surface area contributed by atoms with Crippen molar-refractivity contribution in [2.75, 3.05) is 6.54 Å². The first-order valence-electron chi connectivity index (χ1n) is 6.58. The van der Waals surface area contributed by atoms with Gasteiger partial charge in [0.25, 0.3) is 0 Å². The van der Waals surface area contributed by atoms with Crippen LogP contribution in [0.1, 0.15) is 32.6 Å². The van der Waals surface area contributed by atoms with Gasteiger partial charge in [-0.25, -0.2) is 0 Å². The molecule has 1 aromatic rings. The number of thioether (sulfide) groups is 1. The van der Waals surface area contributed by atoms with Gasteiger partial charge in [0.05, 0.1) is 6.20 Å². The maximum absolute atomic E-state index is 5.91. The van der Waals surface area contributed by atoms with Gasteiger partial charge in [-0.1, -0.05) is 19.8 Å². The van der Waals surface area contributed by atoms with Crippen LogP contribution in [0.4, 0.5) is 0 Å². The van der Waals surface area contributed by atoms with Crippen molar-refractivity contribution in [3.63, 3.8) is 0 Å². The quantitative estimate of drug-likeness (QED) is 0.897. The summed E-state index contributed by atoms with van der Waals surface area (Å²) < 4.78 is 1.87. The lowest BCUT2D eigenvalue weighted by molar-refractivity contribution is 0.284. The van der Waals surface area contributed by atoms with Crippen LogP contribution in [0.2, 0.25) is 0 Å². The van der Waals surface area contributed by atoms with Crippen molar-refractivity contribution in [1.82, 2.24) is 9.78 Å². The Kier molecular flexibility index (Phi) is 4.51. The molecule has 96 valence electrons. The number of hydrogen-bond donors (Lipinski definition) is 1. The molecule has 3 unspecified atom stereocenters. The average molecular weight is 253 g/mol. The molecule has 3 nitrogen and oxygen atoms in total. The molecule has 0 spiro atoms. The summed E-state index contributed by atoms with van der Waals surface area (Å²) in [6, 6.07) is 0. The molecule has 2 rings (SSSR count). The van der Waals surface area contributed by atoms with Gasteiger partial charge in [-0.05, 0) is 31.2 Å². The van der Waals surface area contributed by atoms with Gasteiger partial charge in [-0.15, -0.1) is 11.8 Å². The number of hydrogen-bond acceptors (Lipinski definition) is 3. The van der Waals surface area contributed by atoms with Crippen LogP contribution in [0.15, 0.2) is 17.3 Å². The van der Waals surface area contributed by atoms with Crippen LogP contribution >= 0.6 is 11.8 Å². The standard InChI is InChI=1S/C13H23N3S/c1-3-10-4-5-11(7-14)13(6-10)17-12-8-15-16(2)9-12/h8-11,13H,3-7,14H2,1-2H3. The zero-order valence-corrected chi connectivity index (χ0v) is 11.6. The van der Waals surface area contributed by atoms with Crippen molar-refractivity contribution >= 4 is 11.8 Å². The molecule has 0 radical (unpaired) electrons. The normalized spacial score (nSPS) is 29.5. The molecule has 1 aromatic heterocycles. The van der Waals surface area contributed by atoms with E-state index in [0.717, 1.165) is 12.5 Å². The first-order valence-corrected chi connectivity index (χ1v) is 7.46. The summed E-state index contributed by atoms with van der Waals surface area (Å²) in [5.74, 6) is 1.58. The molecule has 0 saturated heterocycles. The van der Waals surface area contributed by atoms with E-state index in [4.69, 9.17) is 5.73 Å². The van der Waals surface area contributed by atoms with Crippen LogP contribution in [-0.4, -0.2) is 21.6 Å². The van der Waals surface area contributed by atoms with Crippen molar-refractivity contribution in [2.45, 2.75) is 42.8 Å². The minimum atomic E-state index is 0.683. The highest BCUT2D eigenvalue weighted by Gasteiger charge is 2.29. The van der Waals surface area contributed by atoms with Gasteiger partial charge in [0, 0.05) is 23.4 Å². The first-order chi connectivity index (χ1) is 8.22. The molecular formula is C13H23N3S. The fourth-order valence-electron chi connectivity index (χ4n) is 2.69. The van der Waals surface area contributed by atoms with E-state index in [9.17, 15) is 0 Å². The fourth-order valence-corrected chi connectivity index (χ4v) is 4.17. The summed E-state index contributed by atoms with van der Waals surface area (Å²) in [7, 11) is 1.97. The van der Waals surface area contributed by atoms with Crippen molar-refractivity contribution in [2.24, 2.45) is 24.6 Å². The maximum atomic E-state index is 5.91. The molecule has 1 saturated carbocycles. The summed E-state index contributed by atoms with van der Waals surface area (Å²) in [6.45, 7) is 3.13. The lowest BCUT2D eigenvalue weighted by Gasteiger charge is -2.34. The van der Waals surface area contributed by atoms with Crippen molar-refractivity contribution in [3.05, 3.63) is 12.4 Å². The second kappa shape index (κ2) is 5.91. The Bertz CT molecular complexity index is 350. The number of nitrogens with two attached hydrogens (primary N) is 1. The SMILES string of the molecule is CCC1CCC(CN)C(Sc2cnn(C)c2)C1. The predicted octanol–water partition coefficient (Wildman–Crippen LogP) is 2.67. The highest BCUT2D eigenvalue weighted by atomic mass is 32.2. The Hall–Kier alpha value is -0.480. The van der Waals surface area contributed by atoms with Gasteiger partial charge in [-0.3, -0.25) is 4.68 Å². The predicted molar refractivity (Wildman–Crippen MR) is 73.0 cm³/mol. The topological polar surface area (TPSA) is 43.8 Å². The highest BCUT2D eigenvalue weighted by molar-refractivity contribution is 8.00. The lowest BCUT2D eigenvalue weighted by atomic mass is 9.80. The Morgan fingerprint density at radius 1 is 1.53 bits per heavy atom. The molecule has 1 aliphatic carbocycles. The van der Waals surface area contributed by atoms with Crippen molar-refractivity contribution < 1.29 is 0 Å². The van der Waals surface area contributed by atoms with Gasteiger partial charge in [0.2, 0.25) is 0 Å². The number of rotatable bonds is 4. The molecular weight excluding hydrogens is 230 g/mol. The third-order valence-corrected chi connectivity index (χ3v) is 5.25. The average Bonchev–Trinajstić information content (AvgIpc) is 2.74. The third kappa shape index (κ3) is 3.26. The molecule has 17 heavy (non-hydrogen) atoms. The van der Waals surface area contributed by atoms with Crippen LogP contribution in [0.25, 0.3) is 0 Å². The zero-order valence-electron chi connectivity index (χ0n) is 10.8. The van der Waals surface area contributed by atoms with Gasteiger partial charge in [0.15, 0.2) is 0 Å².